The van der Waals surface area contributed by atoms with Crippen LogP contribution in [0.2, 0.25) is 18.1 Å². The van der Waals surface area contributed by atoms with Crippen molar-refractivity contribution in [2.24, 2.45) is 0 Å². The van der Waals surface area contributed by atoms with E-state index >= 15 is 0 Å². The Balaban J connectivity index is 3.01. The molecule has 0 aromatic rings. The van der Waals surface area contributed by atoms with E-state index in [0.29, 0.717) is 6.42 Å². The van der Waals surface area contributed by atoms with E-state index in [2.05, 4.69) is 33.9 Å². The molecule has 0 aromatic heterocycles. The van der Waals surface area contributed by atoms with Gasteiger partial charge < -0.3 is 9.16 Å². The van der Waals surface area contributed by atoms with Crippen LogP contribution in [0.3, 0.4) is 0 Å². The van der Waals surface area contributed by atoms with Crippen molar-refractivity contribution in [3.63, 3.8) is 0 Å². The highest BCUT2D eigenvalue weighted by atomic mass is 28.4. The molecule has 24 heavy (non-hydrogen) atoms. The van der Waals surface area contributed by atoms with E-state index < -0.39 is 26.1 Å². The van der Waals surface area contributed by atoms with Crippen molar-refractivity contribution in [1.29, 1.82) is 0 Å². The second-order valence-corrected chi connectivity index (χ2v) is 13.6. The molecule has 0 saturated heterocycles. The van der Waals surface area contributed by atoms with E-state index in [1.165, 1.54) is 11.0 Å². The summed E-state index contributed by atoms with van der Waals surface area (Å²) in [4.78, 5) is 25.8. The van der Waals surface area contributed by atoms with Crippen molar-refractivity contribution >= 4 is 20.3 Å². The Bertz CT molecular complexity index is 514. The number of rotatable bonds is 4. The second-order valence-electron chi connectivity index (χ2n) is 8.86. The Kier molecular flexibility index (Phi) is 6.10. The predicted molar refractivity (Wildman–Crippen MR) is 98.4 cm³/mol. The van der Waals surface area contributed by atoms with Gasteiger partial charge in [0, 0.05) is 6.08 Å². The SMILES string of the molecule is CC[C@@H](O[Si](C)(C)C(C)(C)C)[C@@H]1C=CC(=O)N1C(=O)OC(C)(C)C. The average molecular weight is 356 g/mol. The van der Waals surface area contributed by atoms with Crippen LogP contribution in [0.1, 0.15) is 54.9 Å². The van der Waals surface area contributed by atoms with Crippen LogP contribution in [0, 0.1) is 0 Å². The Labute approximate surface area is 147 Å². The fourth-order valence-corrected chi connectivity index (χ4v) is 3.67. The van der Waals surface area contributed by atoms with Crippen molar-refractivity contribution in [3.8, 4) is 0 Å². The van der Waals surface area contributed by atoms with E-state index in [9.17, 15) is 9.59 Å². The average Bonchev–Trinajstić information content (AvgIpc) is 2.74. The van der Waals surface area contributed by atoms with Crippen LogP contribution in [-0.4, -0.2) is 43.0 Å². The first-order chi connectivity index (χ1) is 10.7. The lowest BCUT2D eigenvalue weighted by Gasteiger charge is -2.41. The lowest BCUT2D eigenvalue weighted by Crippen LogP contribution is -2.52. The molecule has 138 valence electrons. The van der Waals surface area contributed by atoms with Gasteiger partial charge in [0.2, 0.25) is 0 Å². The number of carbonyl (C=O) groups is 2. The predicted octanol–water partition coefficient (Wildman–Crippen LogP) is 4.49. The molecule has 0 radical (unpaired) electrons. The molecule has 0 unspecified atom stereocenters. The molecule has 0 fully saturated rings. The molecule has 5 nitrogen and oxygen atoms in total. The zero-order valence-electron chi connectivity index (χ0n) is 16.6. The number of nitrogens with zero attached hydrogens (tertiary/aromatic N) is 1. The van der Waals surface area contributed by atoms with Gasteiger partial charge in [-0.2, -0.15) is 0 Å². The van der Waals surface area contributed by atoms with Gasteiger partial charge in [0.15, 0.2) is 8.32 Å². The highest BCUT2D eigenvalue weighted by Crippen LogP contribution is 2.38. The molecule has 2 atom stereocenters. The lowest BCUT2D eigenvalue weighted by molar-refractivity contribution is -0.126. The molecule has 0 bridgehead atoms. The summed E-state index contributed by atoms with van der Waals surface area (Å²) >= 11 is 0. The maximum Gasteiger partial charge on any atom is 0.417 e. The van der Waals surface area contributed by atoms with Crippen LogP contribution >= 0.6 is 0 Å². The largest absolute Gasteiger partial charge is 0.443 e. The number of ether oxygens (including phenoxy) is 1. The minimum absolute atomic E-state index is 0.0590. The van der Waals surface area contributed by atoms with E-state index in [0.717, 1.165) is 0 Å². The molecule has 1 aliphatic heterocycles. The number of hydrogen-bond donors (Lipinski definition) is 0. The summed E-state index contributed by atoms with van der Waals surface area (Å²) in [5.74, 6) is -0.341. The van der Waals surface area contributed by atoms with Crippen LogP contribution < -0.4 is 0 Å². The molecule has 2 amide bonds. The minimum Gasteiger partial charge on any atom is -0.443 e. The monoisotopic (exact) mass is 355 g/mol. The number of imide groups is 1. The molecule has 1 heterocycles. The van der Waals surface area contributed by atoms with Crippen LogP contribution in [0.4, 0.5) is 4.79 Å². The molecule has 1 rings (SSSR count). The van der Waals surface area contributed by atoms with E-state index in [-0.39, 0.29) is 17.0 Å². The van der Waals surface area contributed by atoms with Crippen molar-refractivity contribution in [1.82, 2.24) is 4.90 Å². The Morgan fingerprint density at radius 3 is 2.21 bits per heavy atom. The van der Waals surface area contributed by atoms with E-state index in [1.807, 2.05) is 6.92 Å². The molecule has 0 N–H and O–H groups in total. The topological polar surface area (TPSA) is 55.8 Å². The maximum atomic E-state index is 12.5. The van der Waals surface area contributed by atoms with Gasteiger partial charge in [0.05, 0.1) is 12.1 Å². The quantitative estimate of drug-likeness (QED) is 0.697. The summed E-state index contributed by atoms with van der Waals surface area (Å²) in [6.45, 7) is 18.3. The summed E-state index contributed by atoms with van der Waals surface area (Å²) in [6.07, 6.45) is 3.08. The third-order valence-electron chi connectivity index (χ3n) is 4.60. The van der Waals surface area contributed by atoms with Gasteiger partial charge >= 0.3 is 6.09 Å². The zero-order valence-corrected chi connectivity index (χ0v) is 17.6. The van der Waals surface area contributed by atoms with Gasteiger partial charge in [-0.25, -0.2) is 9.69 Å². The Morgan fingerprint density at radius 2 is 1.79 bits per heavy atom. The van der Waals surface area contributed by atoms with Gasteiger partial charge in [-0.15, -0.1) is 0 Å². The first kappa shape index (κ1) is 20.9. The van der Waals surface area contributed by atoms with E-state index in [4.69, 9.17) is 9.16 Å². The minimum atomic E-state index is -2.01. The molecule has 0 aliphatic carbocycles. The van der Waals surface area contributed by atoms with Crippen molar-refractivity contribution in [3.05, 3.63) is 12.2 Å². The first-order valence-corrected chi connectivity index (χ1v) is 11.5. The van der Waals surface area contributed by atoms with Gasteiger partial charge in [0.25, 0.3) is 5.91 Å². The highest BCUT2D eigenvalue weighted by Gasteiger charge is 2.44. The Morgan fingerprint density at radius 1 is 1.25 bits per heavy atom. The molecule has 0 aromatic carbocycles. The number of hydrogen-bond acceptors (Lipinski definition) is 4. The van der Waals surface area contributed by atoms with Gasteiger partial charge in [-0.05, 0) is 45.3 Å². The summed E-state index contributed by atoms with van der Waals surface area (Å²) in [6, 6.07) is -0.411. The van der Waals surface area contributed by atoms with Crippen LogP contribution in [0.25, 0.3) is 0 Å². The maximum absolute atomic E-state index is 12.5. The Hall–Kier alpha value is -1.14. The number of amides is 2. The fraction of sp³-hybridized carbons (Fsp3) is 0.778. The lowest BCUT2D eigenvalue weighted by atomic mass is 10.1. The second kappa shape index (κ2) is 7.00. The fourth-order valence-electron chi connectivity index (χ4n) is 2.26. The third-order valence-corrected chi connectivity index (χ3v) is 9.10. The summed E-state index contributed by atoms with van der Waals surface area (Å²) in [5.41, 5.74) is -0.646. The van der Waals surface area contributed by atoms with Crippen molar-refractivity contribution < 1.29 is 18.8 Å². The normalized spacial score (nSPS) is 20.5. The standard InChI is InChI=1S/C18H33NO4Si/c1-10-14(23-24(8,9)18(5,6)7)13-11-12-15(20)19(13)16(21)22-17(2,3)4/h11-14H,10H2,1-9H3/t13-,14+/m0/s1. The summed E-state index contributed by atoms with van der Waals surface area (Å²) < 4.78 is 11.9. The van der Waals surface area contributed by atoms with Crippen LogP contribution in [-0.2, 0) is 14.0 Å². The first-order valence-electron chi connectivity index (χ1n) is 8.62. The van der Waals surface area contributed by atoms with Crippen LogP contribution in [0.15, 0.2) is 12.2 Å². The van der Waals surface area contributed by atoms with Gasteiger partial charge in [0.1, 0.15) is 5.60 Å². The molecular weight excluding hydrogens is 322 g/mol. The molecule has 0 spiro atoms. The summed E-state index contributed by atoms with van der Waals surface area (Å²) in [5, 5.41) is 0.0590. The smallest absolute Gasteiger partial charge is 0.417 e. The van der Waals surface area contributed by atoms with Crippen molar-refractivity contribution in [2.75, 3.05) is 0 Å². The van der Waals surface area contributed by atoms with Gasteiger partial charge in [-0.1, -0.05) is 33.8 Å². The van der Waals surface area contributed by atoms with Crippen LogP contribution in [0.5, 0.6) is 0 Å². The van der Waals surface area contributed by atoms with Gasteiger partial charge in [-0.3, -0.25) is 4.79 Å². The molecule has 1 aliphatic rings. The molecule has 6 heteroatoms. The third kappa shape index (κ3) is 4.93. The zero-order chi connectivity index (χ0) is 18.9. The highest BCUT2D eigenvalue weighted by molar-refractivity contribution is 6.74. The molecular formula is C18H33NO4Si. The summed E-state index contributed by atoms with van der Waals surface area (Å²) in [7, 11) is -2.01. The van der Waals surface area contributed by atoms with E-state index in [1.54, 1.807) is 26.8 Å². The number of carbonyl (C=O) groups excluding carboxylic acids is 2. The molecule has 0 saturated carbocycles. The van der Waals surface area contributed by atoms with Crippen molar-refractivity contribution in [2.45, 2.75) is 90.8 Å².